The van der Waals surface area contributed by atoms with Gasteiger partial charge in [-0.3, -0.25) is 0 Å². The summed E-state index contributed by atoms with van der Waals surface area (Å²) in [6.45, 7) is 1.89. The highest BCUT2D eigenvalue weighted by Crippen LogP contribution is 2.27. The molecule has 4 heteroatoms. The number of rotatable bonds is 1. The predicted octanol–water partition coefficient (Wildman–Crippen LogP) is 2.46. The van der Waals surface area contributed by atoms with E-state index in [1.165, 1.54) is 0 Å². The lowest BCUT2D eigenvalue weighted by molar-refractivity contribution is 0.141. The Kier molecular flexibility index (Phi) is 2.62. The van der Waals surface area contributed by atoms with Crippen molar-refractivity contribution in [3.05, 3.63) is 33.4 Å². The quantitative estimate of drug-likeness (QED) is 0.809. The van der Waals surface area contributed by atoms with E-state index in [0.29, 0.717) is 0 Å². The summed E-state index contributed by atoms with van der Waals surface area (Å²) in [5, 5.41) is 2.79. The van der Waals surface area contributed by atoms with Crippen LogP contribution in [-0.4, -0.2) is 12.2 Å². The molecule has 0 radical (unpaired) electrons. The Morgan fingerprint density at radius 3 is 2.71 bits per heavy atom. The number of amides is 1. The first-order chi connectivity index (χ1) is 6.68. The van der Waals surface area contributed by atoms with Crippen molar-refractivity contribution in [1.82, 2.24) is 5.32 Å². The molecule has 1 aliphatic heterocycles. The monoisotopic (exact) mass is 303 g/mol. The van der Waals surface area contributed by atoms with Crippen molar-refractivity contribution in [2.75, 3.05) is 0 Å². The minimum atomic E-state index is -0.331. The third-order valence-electron chi connectivity index (χ3n) is 2.28. The number of nitrogens with one attached hydrogen (secondary N) is 1. The Balaban J connectivity index is 2.32. The number of ether oxygens (including phenoxy) is 1. The van der Waals surface area contributed by atoms with Crippen LogP contribution in [0.1, 0.15) is 18.5 Å². The zero-order valence-electron chi connectivity index (χ0n) is 7.66. The van der Waals surface area contributed by atoms with Gasteiger partial charge in [-0.25, -0.2) is 4.79 Å². The lowest BCUT2D eigenvalue weighted by Gasteiger charge is -2.14. The molecule has 2 rings (SSSR count). The van der Waals surface area contributed by atoms with Crippen LogP contribution in [0.15, 0.2) is 24.3 Å². The zero-order valence-corrected chi connectivity index (χ0v) is 9.82. The number of carbonyl (C=O) groups is 1. The van der Waals surface area contributed by atoms with Gasteiger partial charge in [-0.05, 0) is 41.1 Å². The van der Waals surface area contributed by atoms with Crippen LogP contribution in [0.25, 0.3) is 0 Å². The molecular weight excluding hydrogens is 293 g/mol. The van der Waals surface area contributed by atoms with Gasteiger partial charge in [-0.1, -0.05) is 18.2 Å². The SMILES string of the molecule is C[C@@H]1OC(=O)N[C@@H]1c1ccccc1I. The molecule has 1 aliphatic rings. The van der Waals surface area contributed by atoms with Crippen molar-refractivity contribution in [2.45, 2.75) is 19.1 Å². The number of alkyl carbamates (subject to hydrolysis) is 1. The molecule has 1 aromatic carbocycles. The molecule has 1 N–H and O–H groups in total. The van der Waals surface area contributed by atoms with Gasteiger partial charge in [0.15, 0.2) is 0 Å². The normalized spacial score (nSPS) is 25.7. The van der Waals surface area contributed by atoms with Crippen LogP contribution in [0.2, 0.25) is 0 Å². The fraction of sp³-hybridized carbons (Fsp3) is 0.300. The predicted molar refractivity (Wildman–Crippen MR) is 61.0 cm³/mol. The van der Waals surface area contributed by atoms with Gasteiger partial charge in [0.1, 0.15) is 6.10 Å². The lowest BCUT2D eigenvalue weighted by Crippen LogP contribution is -2.21. The van der Waals surface area contributed by atoms with Gasteiger partial charge >= 0.3 is 6.09 Å². The van der Waals surface area contributed by atoms with E-state index in [1.807, 2.05) is 31.2 Å². The number of halogens is 1. The van der Waals surface area contributed by atoms with Crippen LogP contribution >= 0.6 is 22.6 Å². The molecule has 3 nitrogen and oxygen atoms in total. The zero-order chi connectivity index (χ0) is 10.1. The van der Waals surface area contributed by atoms with Crippen LogP contribution in [-0.2, 0) is 4.74 Å². The van der Waals surface area contributed by atoms with E-state index in [2.05, 4.69) is 27.9 Å². The Morgan fingerprint density at radius 2 is 2.14 bits per heavy atom. The summed E-state index contributed by atoms with van der Waals surface area (Å²) in [5.74, 6) is 0. The van der Waals surface area contributed by atoms with Gasteiger partial charge in [0.2, 0.25) is 0 Å². The van der Waals surface area contributed by atoms with E-state index in [-0.39, 0.29) is 18.2 Å². The second-order valence-electron chi connectivity index (χ2n) is 3.25. The molecule has 1 heterocycles. The van der Waals surface area contributed by atoms with Crippen LogP contribution in [0.3, 0.4) is 0 Å². The molecule has 1 aromatic rings. The molecule has 0 aliphatic carbocycles. The maximum Gasteiger partial charge on any atom is 0.408 e. The molecule has 0 unspecified atom stereocenters. The van der Waals surface area contributed by atoms with E-state index in [9.17, 15) is 4.79 Å². The molecule has 0 saturated carbocycles. The summed E-state index contributed by atoms with van der Waals surface area (Å²) in [6, 6.07) is 7.96. The summed E-state index contributed by atoms with van der Waals surface area (Å²) in [6.07, 6.45) is -0.430. The van der Waals surface area contributed by atoms with E-state index >= 15 is 0 Å². The number of benzene rings is 1. The fourth-order valence-corrected chi connectivity index (χ4v) is 2.30. The molecule has 14 heavy (non-hydrogen) atoms. The van der Waals surface area contributed by atoms with Crippen molar-refractivity contribution < 1.29 is 9.53 Å². The molecular formula is C10H10INO2. The van der Waals surface area contributed by atoms with E-state index in [4.69, 9.17) is 4.74 Å². The molecule has 74 valence electrons. The maximum atomic E-state index is 11.0. The average Bonchev–Trinajstić information content (AvgIpc) is 2.46. The van der Waals surface area contributed by atoms with Gasteiger partial charge in [-0.15, -0.1) is 0 Å². The van der Waals surface area contributed by atoms with Gasteiger partial charge in [0, 0.05) is 3.57 Å². The minimum absolute atomic E-state index is 0.0180. The fourth-order valence-electron chi connectivity index (χ4n) is 1.57. The lowest BCUT2D eigenvalue weighted by atomic mass is 10.0. The van der Waals surface area contributed by atoms with Gasteiger partial charge in [0.05, 0.1) is 6.04 Å². The van der Waals surface area contributed by atoms with Crippen LogP contribution < -0.4 is 5.32 Å². The summed E-state index contributed by atoms with van der Waals surface area (Å²) in [7, 11) is 0. The summed E-state index contributed by atoms with van der Waals surface area (Å²) in [5.41, 5.74) is 1.12. The van der Waals surface area contributed by atoms with Crippen molar-refractivity contribution in [1.29, 1.82) is 0 Å². The molecule has 1 saturated heterocycles. The third-order valence-corrected chi connectivity index (χ3v) is 3.26. The average molecular weight is 303 g/mol. The molecule has 1 fully saturated rings. The smallest absolute Gasteiger partial charge is 0.408 e. The highest BCUT2D eigenvalue weighted by Gasteiger charge is 2.32. The molecule has 1 amide bonds. The Bertz CT molecular complexity index is 367. The second-order valence-corrected chi connectivity index (χ2v) is 4.42. The topological polar surface area (TPSA) is 38.3 Å². The Morgan fingerprint density at radius 1 is 1.43 bits per heavy atom. The largest absolute Gasteiger partial charge is 0.444 e. The highest BCUT2D eigenvalue weighted by atomic mass is 127. The number of cyclic esters (lactones) is 1. The number of hydrogen-bond donors (Lipinski definition) is 1. The Hall–Kier alpha value is -0.780. The molecule has 2 atom stereocenters. The van der Waals surface area contributed by atoms with Crippen molar-refractivity contribution in [3.63, 3.8) is 0 Å². The molecule has 0 aromatic heterocycles. The van der Waals surface area contributed by atoms with Crippen molar-refractivity contribution >= 4 is 28.7 Å². The van der Waals surface area contributed by atoms with Gasteiger partial charge < -0.3 is 10.1 Å². The highest BCUT2D eigenvalue weighted by molar-refractivity contribution is 14.1. The first kappa shape index (κ1) is 9.76. The van der Waals surface area contributed by atoms with Crippen molar-refractivity contribution in [3.8, 4) is 0 Å². The molecule has 0 spiro atoms. The summed E-state index contributed by atoms with van der Waals surface area (Å²) in [4.78, 5) is 11.0. The summed E-state index contributed by atoms with van der Waals surface area (Å²) < 4.78 is 6.18. The standard InChI is InChI=1S/C10H10INO2/c1-6-9(12-10(13)14-6)7-4-2-3-5-8(7)11/h2-6,9H,1H3,(H,12,13)/t6-,9-/m0/s1. The van der Waals surface area contributed by atoms with Crippen LogP contribution in [0.4, 0.5) is 4.79 Å². The van der Waals surface area contributed by atoms with Gasteiger partial charge in [-0.2, -0.15) is 0 Å². The minimum Gasteiger partial charge on any atom is -0.444 e. The van der Waals surface area contributed by atoms with Crippen LogP contribution in [0, 0.1) is 3.57 Å². The Labute approximate surface area is 96.0 Å². The second kappa shape index (κ2) is 3.76. The van der Waals surface area contributed by atoms with Gasteiger partial charge in [0.25, 0.3) is 0 Å². The number of carbonyl (C=O) groups excluding carboxylic acids is 1. The summed E-state index contributed by atoms with van der Waals surface area (Å²) >= 11 is 2.26. The maximum absolute atomic E-state index is 11.0. The van der Waals surface area contributed by atoms with E-state index < -0.39 is 0 Å². The third kappa shape index (κ3) is 1.70. The first-order valence-corrected chi connectivity index (χ1v) is 5.48. The first-order valence-electron chi connectivity index (χ1n) is 4.40. The van der Waals surface area contributed by atoms with Crippen molar-refractivity contribution in [2.24, 2.45) is 0 Å². The number of hydrogen-bond acceptors (Lipinski definition) is 2. The molecule has 0 bridgehead atoms. The van der Waals surface area contributed by atoms with Crippen LogP contribution in [0.5, 0.6) is 0 Å². The van der Waals surface area contributed by atoms with E-state index in [1.54, 1.807) is 0 Å². The van der Waals surface area contributed by atoms with E-state index in [0.717, 1.165) is 9.13 Å².